The Morgan fingerprint density at radius 3 is 2.75 bits per heavy atom. The molecule has 1 aliphatic heterocycles. The van der Waals surface area contributed by atoms with Gasteiger partial charge in [-0.3, -0.25) is 4.79 Å². The first-order valence-corrected chi connectivity index (χ1v) is 6.36. The fraction of sp³-hybridized carbons (Fsp3) is 0.188. The molecule has 1 aliphatic rings. The van der Waals surface area contributed by atoms with Gasteiger partial charge in [-0.15, -0.1) is 0 Å². The summed E-state index contributed by atoms with van der Waals surface area (Å²) in [5.74, 6) is -0.372. The van der Waals surface area contributed by atoms with E-state index in [0.717, 1.165) is 27.9 Å². The molecule has 3 rings (SSSR count). The molecule has 0 unspecified atom stereocenters. The molecule has 2 aromatic rings. The van der Waals surface area contributed by atoms with E-state index in [1.807, 2.05) is 25.1 Å². The molecule has 3 nitrogen and oxygen atoms in total. The van der Waals surface area contributed by atoms with Crippen LogP contribution in [0.25, 0.3) is 11.1 Å². The van der Waals surface area contributed by atoms with Crippen LogP contribution < -0.4 is 10.1 Å². The van der Waals surface area contributed by atoms with Crippen molar-refractivity contribution in [3.05, 3.63) is 47.3 Å². The molecule has 1 heterocycles. The number of halogens is 1. The van der Waals surface area contributed by atoms with Gasteiger partial charge >= 0.3 is 0 Å². The van der Waals surface area contributed by atoms with E-state index in [9.17, 15) is 9.18 Å². The monoisotopic (exact) mass is 271 g/mol. The van der Waals surface area contributed by atoms with Crippen molar-refractivity contribution in [2.24, 2.45) is 0 Å². The standard InChI is InChI=1S/C16H14FNO2/c1-9-3-4-11-12-8-13(17)15(20-2)6-10(12)7-16(19)18-14(11)5-9/h3-6,8H,7H2,1-2H3,(H,18,19). The van der Waals surface area contributed by atoms with Crippen molar-refractivity contribution in [1.82, 2.24) is 0 Å². The van der Waals surface area contributed by atoms with Crippen LogP contribution in [0.4, 0.5) is 10.1 Å². The Kier molecular flexibility index (Phi) is 2.93. The lowest BCUT2D eigenvalue weighted by Crippen LogP contribution is -2.12. The van der Waals surface area contributed by atoms with Crippen molar-refractivity contribution in [3.63, 3.8) is 0 Å². The van der Waals surface area contributed by atoms with E-state index in [4.69, 9.17) is 4.74 Å². The van der Waals surface area contributed by atoms with Crippen LogP contribution in [-0.2, 0) is 11.2 Å². The highest BCUT2D eigenvalue weighted by atomic mass is 19.1. The van der Waals surface area contributed by atoms with E-state index in [1.54, 1.807) is 6.07 Å². The van der Waals surface area contributed by atoms with Gasteiger partial charge in [0.05, 0.1) is 13.5 Å². The zero-order chi connectivity index (χ0) is 14.3. The van der Waals surface area contributed by atoms with Gasteiger partial charge in [0.2, 0.25) is 5.91 Å². The minimum absolute atomic E-state index is 0.107. The van der Waals surface area contributed by atoms with Crippen molar-refractivity contribution >= 4 is 11.6 Å². The lowest BCUT2D eigenvalue weighted by atomic mass is 9.96. The van der Waals surface area contributed by atoms with Gasteiger partial charge in [-0.2, -0.15) is 0 Å². The Hall–Kier alpha value is -2.36. The van der Waals surface area contributed by atoms with Gasteiger partial charge in [0.15, 0.2) is 11.6 Å². The van der Waals surface area contributed by atoms with Crippen molar-refractivity contribution in [3.8, 4) is 16.9 Å². The van der Waals surface area contributed by atoms with E-state index in [1.165, 1.54) is 13.2 Å². The third-order valence-electron chi connectivity index (χ3n) is 3.47. The molecule has 20 heavy (non-hydrogen) atoms. The van der Waals surface area contributed by atoms with Gasteiger partial charge in [-0.25, -0.2) is 4.39 Å². The smallest absolute Gasteiger partial charge is 0.228 e. The van der Waals surface area contributed by atoms with E-state index in [2.05, 4.69) is 5.32 Å². The highest BCUT2D eigenvalue weighted by molar-refractivity contribution is 6.00. The van der Waals surface area contributed by atoms with Crippen LogP contribution in [-0.4, -0.2) is 13.0 Å². The predicted molar refractivity (Wildman–Crippen MR) is 75.5 cm³/mol. The number of aryl methyl sites for hydroxylation is 1. The van der Waals surface area contributed by atoms with Crippen LogP contribution in [0.15, 0.2) is 30.3 Å². The normalized spacial score (nSPS) is 13.1. The second-order valence-corrected chi connectivity index (χ2v) is 4.92. The number of rotatable bonds is 1. The van der Waals surface area contributed by atoms with Crippen LogP contribution in [0.3, 0.4) is 0 Å². The molecule has 4 heteroatoms. The SMILES string of the molecule is COc1cc2c(cc1F)-c1ccc(C)cc1NC(=O)C2. The maximum Gasteiger partial charge on any atom is 0.228 e. The molecule has 0 saturated carbocycles. The number of nitrogens with one attached hydrogen (secondary N) is 1. The van der Waals surface area contributed by atoms with Crippen LogP contribution >= 0.6 is 0 Å². The molecule has 0 atom stereocenters. The summed E-state index contributed by atoms with van der Waals surface area (Å²) in [5, 5.41) is 2.86. The molecule has 102 valence electrons. The first-order valence-electron chi connectivity index (χ1n) is 6.36. The van der Waals surface area contributed by atoms with Gasteiger partial charge < -0.3 is 10.1 Å². The van der Waals surface area contributed by atoms with E-state index >= 15 is 0 Å². The average molecular weight is 271 g/mol. The van der Waals surface area contributed by atoms with Gasteiger partial charge in [0, 0.05) is 11.3 Å². The molecule has 0 bridgehead atoms. The van der Waals surface area contributed by atoms with Gasteiger partial charge in [0.1, 0.15) is 0 Å². The third-order valence-corrected chi connectivity index (χ3v) is 3.47. The zero-order valence-electron chi connectivity index (χ0n) is 11.3. The topological polar surface area (TPSA) is 38.3 Å². The summed E-state index contributed by atoms with van der Waals surface area (Å²) in [6.45, 7) is 1.95. The number of methoxy groups -OCH3 is 1. The molecular weight excluding hydrogens is 257 g/mol. The molecule has 0 aromatic heterocycles. The first-order chi connectivity index (χ1) is 9.58. The van der Waals surface area contributed by atoms with Gasteiger partial charge in [-0.1, -0.05) is 12.1 Å². The summed E-state index contributed by atoms with van der Waals surface area (Å²) in [5.41, 5.74) is 4.10. The average Bonchev–Trinajstić information content (AvgIpc) is 2.53. The Morgan fingerprint density at radius 1 is 1.20 bits per heavy atom. The Labute approximate surface area is 116 Å². The maximum atomic E-state index is 14.0. The number of amides is 1. The number of anilines is 1. The summed E-state index contributed by atoms with van der Waals surface area (Å²) in [6.07, 6.45) is 0.208. The Morgan fingerprint density at radius 2 is 2.00 bits per heavy atom. The molecule has 0 saturated heterocycles. The van der Waals surface area contributed by atoms with Crippen LogP contribution in [0.2, 0.25) is 0 Å². The Bertz CT molecular complexity index is 710. The predicted octanol–water partition coefficient (Wildman–Crippen LogP) is 3.30. The second kappa shape index (κ2) is 4.63. The highest BCUT2D eigenvalue weighted by Gasteiger charge is 2.21. The van der Waals surface area contributed by atoms with Gasteiger partial charge in [-0.05, 0) is 41.8 Å². The van der Waals surface area contributed by atoms with E-state index in [0.29, 0.717) is 0 Å². The molecule has 1 N–H and O–H groups in total. The third kappa shape index (κ3) is 2.03. The number of ether oxygens (including phenoxy) is 1. The molecule has 1 amide bonds. The molecule has 0 radical (unpaired) electrons. The van der Waals surface area contributed by atoms with Gasteiger partial charge in [0.25, 0.3) is 0 Å². The molecule has 0 aliphatic carbocycles. The van der Waals surface area contributed by atoms with Crippen molar-refractivity contribution in [2.45, 2.75) is 13.3 Å². The van der Waals surface area contributed by atoms with Crippen molar-refractivity contribution in [1.29, 1.82) is 0 Å². The van der Waals surface area contributed by atoms with E-state index < -0.39 is 5.82 Å². The summed E-state index contributed by atoms with van der Waals surface area (Å²) in [4.78, 5) is 12.0. The minimum Gasteiger partial charge on any atom is -0.494 e. The lowest BCUT2D eigenvalue weighted by Gasteiger charge is -2.11. The van der Waals surface area contributed by atoms with E-state index in [-0.39, 0.29) is 18.1 Å². The number of carbonyl (C=O) groups is 1. The Balaban J connectivity index is 2.28. The number of fused-ring (bicyclic) bond motifs is 3. The van der Waals surface area contributed by atoms with Crippen LogP contribution in [0.1, 0.15) is 11.1 Å². The zero-order valence-corrected chi connectivity index (χ0v) is 11.3. The second-order valence-electron chi connectivity index (χ2n) is 4.92. The molecular formula is C16H14FNO2. The largest absolute Gasteiger partial charge is 0.494 e. The summed E-state index contributed by atoms with van der Waals surface area (Å²) in [7, 11) is 1.42. The maximum absolute atomic E-state index is 14.0. The molecule has 0 fully saturated rings. The fourth-order valence-corrected chi connectivity index (χ4v) is 2.51. The first kappa shape index (κ1) is 12.7. The minimum atomic E-state index is -0.424. The summed E-state index contributed by atoms with van der Waals surface area (Å²) in [6, 6.07) is 8.77. The van der Waals surface area contributed by atoms with Crippen molar-refractivity contribution in [2.75, 3.05) is 12.4 Å². The van der Waals surface area contributed by atoms with Crippen LogP contribution in [0, 0.1) is 12.7 Å². The number of hydrogen-bond donors (Lipinski definition) is 1. The van der Waals surface area contributed by atoms with Crippen molar-refractivity contribution < 1.29 is 13.9 Å². The molecule has 2 aromatic carbocycles. The van der Waals surface area contributed by atoms with Crippen LogP contribution in [0.5, 0.6) is 5.75 Å². The summed E-state index contributed by atoms with van der Waals surface area (Å²) >= 11 is 0. The quantitative estimate of drug-likeness (QED) is 0.864. The number of hydrogen-bond acceptors (Lipinski definition) is 2. The summed E-state index contributed by atoms with van der Waals surface area (Å²) < 4.78 is 18.9. The fourth-order valence-electron chi connectivity index (χ4n) is 2.51. The number of carbonyl (C=O) groups excluding carboxylic acids is 1. The lowest BCUT2D eigenvalue weighted by molar-refractivity contribution is -0.115. The number of benzene rings is 2. The molecule has 0 spiro atoms. The highest BCUT2D eigenvalue weighted by Crippen LogP contribution is 2.37.